The standard InChI is InChI=1S/C19H30F3N5.HI/c1-15(19(20,21)22)26-8-10-27(11-9-26)18(23-2)24-13-16-6-5-7-17(12-16)14-25(3)4;/h5-7,12,15H,8-11,13-14H2,1-4H3,(H,23,24);1H. The van der Waals surface area contributed by atoms with Crippen LogP contribution >= 0.6 is 24.0 Å². The first kappa shape index (κ1) is 25.0. The van der Waals surface area contributed by atoms with E-state index in [0.717, 1.165) is 18.1 Å². The van der Waals surface area contributed by atoms with Crippen molar-refractivity contribution in [2.45, 2.75) is 32.2 Å². The Hall–Kier alpha value is -1.07. The van der Waals surface area contributed by atoms with Crippen LogP contribution in [0.4, 0.5) is 13.2 Å². The zero-order valence-corrected chi connectivity index (χ0v) is 19.3. The highest BCUT2D eigenvalue weighted by atomic mass is 127. The molecule has 1 saturated heterocycles. The van der Waals surface area contributed by atoms with Gasteiger partial charge in [-0.15, -0.1) is 24.0 Å². The van der Waals surface area contributed by atoms with E-state index in [0.29, 0.717) is 32.7 Å². The number of nitrogens with one attached hydrogen (secondary N) is 1. The van der Waals surface area contributed by atoms with Gasteiger partial charge in [-0.3, -0.25) is 9.89 Å². The summed E-state index contributed by atoms with van der Waals surface area (Å²) in [5, 5.41) is 3.33. The van der Waals surface area contributed by atoms with Gasteiger partial charge in [0.05, 0.1) is 0 Å². The molecule has 1 N–H and O–H groups in total. The zero-order chi connectivity index (χ0) is 20.0. The maximum atomic E-state index is 12.9. The zero-order valence-electron chi connectivity index (χ0n) is 17.0. The molecule has 0 spiro atoms. The van der Waals surface area contributed by atoms with Gasteiger partial charge in [0, 0.05) is 46.3 Å². The monoisotopic (exact) mass is 513 g/mol. The molecule has 5 nitrogen and oxygen atoms in total. The topological polar surface area (TPSA) is 34.1 Å². The molecular formula is C19H31F3IN5. The lowest BCUT2D eigenvalue weighted by Gasteiger charge is -2.39. The molecule has 28 heavy (non-hydrogen) atoms. The smallest absolute Gasteiger partial charge is 0.352 e. The van der Waals surface area contributed by atoms with Gasteiger partial charge in [-0.2, -0.15) is 13.2 Å². The van der Waals surface area contributed by atoms with Crippen molar-refractivity contribution in [3.8, 4) is 0 Å². The second-order valence-corrected chi connectivity index (χ2v) is 7.20. The highest BCUT2D eigenvalue weighted by Gasteiger charge is 2.41. The molecule has 1 aliphatic rings. The van der Waals surface area contributed by atoms with E-state index >= 15 is 0 Å². The van der Waals surface area contributed by atoms with Crippen molar-refractivity contribution < 1.29 is 13.2 Å². The molecule has 0 aromatic heterocycles. The third-order valence-corrected chi connectivity index (χ3v) is 4.79. The SMILES string of the molecule is CN=C(NCc1cccc(CN(C)C)c1)N1CCN(C(C)C(F)(F)F)CC1.I. The Kier molecular flexibility index (Phi) is 9.99. The Morgan fingerprint density at radius 3 is 2.32 bits per heavy atom. The number of aliphatic imine (C=N–C) groups is 1. The van der Waals surface area contributed by atoms with Crippen LogP contribution in [-0.2, 0) is 13.1 Å². The van der Waals surface area contributed by atoms with E-state index < -0.39 is 12.2 Å². The number of nitrogens with zero attached hydrogens (tertiary/aromatic N) is 4. The van der Waals surface area contributed by atoms with E-state index in [1.807, 2.05) is 25.1 Å². The molecule has 1 unspecified atom stereocenters. The van der Waals surface area contributed by atoms with Gasteiger partial charge in [0.15, 0.2) is 5.96 Å². The Morgan fingerprint density at radius 1 is 1.18 bits per heavy atom. The third-order valence-electron chi connectivity index (χ3n) is 4.79. The molecule has 1 aromatic rings. The average molecular weight is 513 g/mol. The van der Waals surface area contributed by atoms with E-state index in [-0.39, 0.29) is 24.0 Å². The van der Waals surface area contributed by atoms with E-state index in [1.54, 1.807) is 7.05 Å². The first-order valence-electron chi connectivity index (χ1n) is 9.19. The number of hydrogen-bond donors (Lipinski definition) is 1. The van der Waals surface area contributed by atoms with Crippen molar-refractivity contribution in [2.75, 3.05) is 47.3 Å². The van der Waals surface area contributed by atoms with Crippen LogP contribution in [0, 0.1) is 0 Å². The summed E-state index contributed by atoms with van der Waals surface area (Å²) in [6.45, 7) is 4.54. The van der Waals surface area contributed by atoms with E-state index in [1.165, 1.54) is 17.4 Å². The number of rotatable bonds is 5. The first-order chi connectivity index (χ1) is 12.7. The van der Waals surface area contributed by atoms with Gasteiger partial charge in [0.25, 0.3) is 0 Å². The van der Waals surface area contributed by atoms with Crippen molar-refractivity contribution in [1.82, 2.24) is 20.0 Å². The highest BCUT2D eigenvalue weighted by molar-refractivity contribution is 14.0. The lowest BCUT2D eigenvalue weighted by atomic mass is 10.1. The Morgan fingerprint density at radius 2 is 1.79 bits per heavy atom. The largest absolute Gasteiger partial charge is 0.403 e. The quantitative estimate of drug-likeness (QED) is 0.373. The van der Waals surface area contributed by atoms with Crippen molar-refractivity contribution >= 4 is 29.9 Å². The number of guanidine groups is 1. The molecule has 1 aliphatic heterocycles. The van der Waals surface area contributed by atoms with Gasteiger partial charge >= 0.3 is 6.18 Å². The van der Waals surface area contributed by atoms with Crippen molar-refractivity contribution in [2.24, 2.45) is 4.99 Å². The fraction of sp³-hybridized carbons (Fsp3) is 0.632. The Bertz CT molecular complexity index is 628. The lowest BCUT2D eigenvalue weighted by molar-refractivity contribution is -0.181. The van der Waals surface area contributed by atoms with Crippen LogP contribution in [0.1, 0.15) is 18.1 Å². The average Bonchev–Trinajstić information content (AvgIpc) is 2.61. The molecule has 9 heteroatoms. The summed E-state index contributed by atoms with van der Waals surface area (Å²) in [5.74, 6) is 0.729. The summed E-state index contributed by atoms with van der Waals surface area (Å²) in [5.41, 5.74) is 2.39. The van der Waals surface area contributed by atoms with Crippen LogP contribution in [0.5, 0.6) is 0 Å². The number of benzene rings is 1. The molecule has 1 heterocycles. The van der Waals surface area contributed by atoms with Crippen LogP contribution in [0.2, 0.25) is 0 Å². The lowest BCUT2D eigenvalue weighted by Crippen LogP contribution is -2.56. The summed E-state index contributed by atoms with van der Waals surface area (Å²) < 4.78 is 38.6. The minimum atomic E-state index is -4.18. The Labute approximate surface area is 183 Å². The van der Waals surface area contributed by atoms with E-state index in [2.05, 4.69) is 33.4 Å². The maximum Gasteiger partial charge on any atom is 0.403 e. The second-order valence-electron chi connectivity index (χ2n) is 7.20. The highest BCUT2D eigenvalue weighted by Crippen LogP contribution is 2.25. The third kappa shape index (κ3) is 7.40. The summed E-state index contributed by atoms with van der Waals surface area (Å²) in [6.07, 6.45) is -4.18. The summed E-state index contributed by atoms with van der Waals surface area (Å²) in [4.78, 5) is 9.91. The second kappa shape index (κ2) is 11.2. The van der Waals surface area contributed by atoms with Crippen LogP contribution in [0.3, 0.4) is 0 Å². The molecule has 0 aliphatic carbocycles. The molecule has 1 atom stereocenters. The first-order valence-corrected chi connectivity index (χ1v) is 9.19. The van der Waals surface area contributed by atoms with Gasteiger partial charge in [0.1, 0.15) is 6.04 Å². The molecule has 0 amide bonds. The molecule has 2 rings (SSSR count). The predicted molar refractivity (Wildman–Crippen MR) is 118 cm³/mol. The van der Waals surface area contributed by atoms with Crippen molar-refractivity contribution in [3.05, 3.63) is 35.4 Å². The van der Waals surface area contributed by atoms with Crippen LogP contribution in [-0.4, -0.2) is 80.2 Å². The minimum absolute atomic E-state index is 0. The molecule has 0 bridgehead atoms. The number of halogens is 4. The molecule has 1 aromatic carbocycles. The van der Waals surface area contributed by atoms with Crippen molar-refractivity contribution in [1.29, 1.82) is 0 Å². The Balaban J connectivity index is 0.00000392. The van der Waals surface area contributed by atoms with Gasteiger partial charge < -0.3 is 15.1 Å². The number of alkyl halides is 3. The van der Waals surface area contributed by atoms with E-state index in [9.17, 15) is 13.2 Å². The molecule has 1 fully saturated rings. The van der Waals surface area contributed by atoms with Gasteiger partial charge in [-0.05, 0) is 32.1 Å². The van der Waals surface area contributed by atoms with Crippen LogP contribution in [0.25, 0.3) is 0 Å². The van der Waals surface area contributed by atoms with E-state index in [4.69, 9.17) is 0 Å². The summed E-state index contributed by atoms with van der Waals surface area (Å²) in [6, 6.07) is 6.94. The van der Waals surface area contributed by atoms with Crippen molar-refractivity contribution in [3.63, 3.8) is 0 Å². The van der Waals surface area contributed by atoms with Gasteiger partial charge in [-0.1, -0.05) is 24.3 Å². The van der Waals surface area contributed by atoms with Crippen LogP contribution in [0.15, 0.2) is 29.3 Å². The summed E-state index contributed by atoms with van der Waals surface area (Å²) in [7, 11) is 5.77. The molecule has 0 saturated carbocycles. The fourth-order valence-electron chi connectivity index (χ4n) is 3.24. The molecular weight excluding hydrogens is 482 g/mol. The molecule has 160 valence electrons. The van der Waals surface area contributed by atoms with Crippen LogP contribution < -0.4 is 5.32 Å². The number of piperazine rings is 1. The maximum absolute atomic E-state index is 12.9. The van der Waals surface area contributed by atoms with Gasteiger partial charge in [0.2, 0.25) is 0 Å². The van der Waals surface area contributed by atoms with Gasteiger partial charge in [-0.25, -0.2) is 0 Å². The normalized spacial score (nSPS) is 17.4. The minimum Gasteiger partial charge on any atom is -0.352 e. The fourth-order valence-corrected chi connectivity index (χ4v) is 3.24. The summed E-state index contributed by atoms with van der Waals surface area (Å²) >= 11 is 0. The molecule has 0 radical (unpaired) electrons. The number of hydrogen-bond acceptors (Lipinski definition) is 3. The predicted octanol–water partition coefficient (Wildman–Crippen LogP) is 3.01.